The van der Waals surface area contributed by atoms with Crippen molar-refractivity contribution in [3.05, 3.63) is 20.8 Å². The molecule has 0 bridgehead atoms. The lowest BCUT2D eigenvalue weighted by atomic mass is 10.5. The molecule has 1 N–H and O–H groups in total. The molecule has 3 nitrogen and oxygen atoms in total. The predicted octanol–water partition coefficient (Wildman–Crippen LogP) is 2.09. The molecule has 78 valence electrons. The number of sulfonamides is 1. The van der Waals surface area contributed by atoms with Gasteiger partial charge in [0, 0.05) is 21.3 Å². The number of thiophene rings is 1. The molecule has 1 aliphatic carbocycles. The number of rotatable bonds is 4. The summed E-state index contributed by atoms with van der Waals surface area (Å²) in [7, 11) is -3.03. The molecule has 0 unspecified atom stereocenters. The van der Waals surface area contributed by atoms with Crippen molar-refractivity contribution in [2.45, 2.75) is 24.6 Å². The number of hydrogen-bond acceptors (Lipinski definition) is 3. The average Bonchev–Trinajstić information content (AvgIpc) is 2.89. The fourth-order valence-corrected chi connectivity index (χ4v) is 3.95. The van der Waals surface area contributed by atoms with Crippen LogP contribution in [0, 0.1) is 0 Å². The Bertz CT molecular complexity index is 422. The maximum Gasteiger partial charge on any atom is 0.214 e. The lowest BCUT2D eigenvalue weighted by molar-refractivity contribution is 0.580. The van der Waals surface area contributed by atoms with Crippen LogP contribution in [0.4, 0.5) is 0 Å². The van der Waals surface area contributed by atoms with E-state index in [0.29, 0.717) is 6.54 Å². The van der Waals surface area contributed by atoms with Crippen LogP contribution < -0.4 is 4.72 Å². The minimum atomic E-state index is -3.03. The van der Waals surface area contributed by atoms with Crippen molar-refractivity contribution in [3.8, 4) is 0 Å². The van der Waals surface area contributed by atoms with Crippen LogP contribution in [0.3, 0.4) is 0 Å². The first-order valence-electron chi connectivity index (χ1n) is 4.29. The van der Waals surface area contributed by atoms with Gasteiger partial charge in [-0.15, -0.1) is 11.3 Å². The first kappa shape index (κ1) is 10.6. The van der Waals surface area contributed by atoms with Crippen LogP contribution >= 0.6 is 27.3 Å². The van der Waals surface area contributed by atoms with Crippen molar-refractivity contribution in [1.82, 2.24) is 4.72 Å². The highest BCUT2D eigenvalue weighted by atomic mass is 79.9. The summed E-state index contributed by atoms with van der Waals surface area (Å²) in [5, 5.41) is 1.81. The zero-order valence-corrected chi connectivity index (χ0v) is 10.6. The van der Waals surface area contributed by atoms with Crippen LogP contribution in [0.15, 0.2) is 15.9 Å². The van der Waals surface area contributed by atoms with Crippen molar-refractivity contribution in [1.29, 1.82) is 0 Å². The zero-order chi connectivity index (χ0) is 10.2. The van der Waals surface area contributed by atoms with Crippen molar-refractivity contribution >= 4 is 37.3 Å². The van der Waals surface area contributed by atoms with E-state index in [2.05, 4.69) is 20.7 Å². The van der Waals surface area contributed by atoms with E-state index < -0.39 is 10.0 Å². The molecule has 1 aromatic rings. The molecule has 1 aliphatic rings. The first-order valence-corrected chi connectivity index (χ1v) is 7.51. The molecule has 0 saturated heterocycles. The Balaban J connectivity index is 1.94. The summed E-state index contributed by atoms with van der Waals surface area (Å²) < 4.78 is 26.5. The molecule has 6 heteroatoms. The molecule has 1 aromatic heterocycles. The summed E-state index contributed by atoms with van der Waals surface area (Å²) in [5.41, 5.74) is 0. The molecule has 0 spiro atoms. The van der Waals surface area contributed by atoms with Crippen molar-refractivity contribution in [2.24, 2.45) is 0 Å². The molecule has 2 rings (SSSR count). The maximum absolute atomic E-state index is 11.5. The fourth-order valence-electron chi connectivity index (χ4n) is 1.11. The highest BCUT2D eigenvalue weighted by molar-refractivity contribution is 9.10. The highest BCUT2D eigenvalue weighted by Crippen LogP contribution is 2.28. The average molecular weight is 296 g/mol. The van der Waals surface area contributed by atoms with Crippen LogP contribution in [-0.2, 0) is 16.6 Å². The van der Waals surface area contributed by atoms with Crippen molar-refractivity contribution in [2.75, 3.05) is 0 Å². The van der Waals surface area contributed by atoms with Gasteiger partial charge in [-0.2, -0.15) is 0 Å². The number of hydrogen-bond donors (Lipinski definition) is 1. The summed E-state index contributed by atoms with van der Waals surface area (Å²) in [6, 6.07) is 1.93. The molecular weight excluding hydrogens is 286 g/mol. The van der Waals surface area contributed by atoms with E-state index in [4.69, 9.17) is 0 Å². The van der Waals surface area contributed by atoms with Gasteiger partial charge in [0.25, 0.3) is 0 Å². The van der Waals surface area contributed by atoms with Crippen molar-refractivity contribution in [3.63, 3.8) is 0 Å². The number of halogens is 1. The Morgan fingerprint density at radius 1 is 1.57 bits per heavy atom. The summed E-state index contributed by atoms with van der Waals surface area (Å²) in [6.45, 7) is 0.412. The van der Waals surface area contributed by atoms with Crippen LogP contribution in [0.5, 0.6) is 0 Å². The van der Waals surface area contributed by atoms with Gasteiger partial charge in [-0.1, -0.05) is 0 Å². The van der Waals surface area contributed by atoms with E-state index in [1.807, 2.05) is 11.4 Å². The van der Waals surface area contributed by atoms with Gasteiger partial charge < -0.3 is 0 Å². The largest absolute Gasteiger partial charge is 0.214 e. The minimum Gasteiger partial charge on any atom is -0.212 e. The number of nitrogens with one attached hydrogen (secondary N) is 1. The molecule has 0 amide bonds. The van der Waals surface area contributed by atoms with Gasteiger partial charge in [0.15, 0.2) is 0 Å². The second kappa shape index (κ2) is 3.92. The van der Waals surface area contributed by atoms with Gasteiger partial charge in [0.2, 0.25) is 10.0 Å². The quantitative estimate of drug-likeness (QED) is 0.925. The predicted molar refractivity (Wildman–Crippen MR) is 60.8 cm³/mol. The van der Waals surface area contributed by atoms with Crippen LogP contribution in [0.1, 0.15) is 17.7 Å². The van der Waals surface area contributed by atoms with Gasteiger partial charge in [-0.05, 0) is 34.8 Å². The summed E-state index contributed by atoms with van der Waals surface area (Å²) in [6.07, 6.45) is 1.62. The molecular formula is C8H10BrNO2S2. The highest BCUT2D eigenvalue weighted by Gasteiger charge is 2.35. The molecule has 0 atom stereocenters. The third kappa shape index (κ3) is 2.56. The Kier molecular flexibility index (Phi) is 2.97. The summed E-state index contributed by atoms with van der Waals surface area (Å²) in [5.74, 6) is 0. The SMILES string of the molecule is O=S(=O)(NCc1cc(Br)cs1)C1CC1. The first-order chi connectivity index (χ1) is 6.58. The van der Waals surface area contributed by atoms with Gasteiger partial charge >= 0.3 is 0 Å². The minimum absolute atomic E-state index is 0.133. The Labute approximate surface area is 95.7 Å². The Morgan fingerprint density at radius 2 is 2.29 bits per heavy atom. The second-order valence-electron chi connectivity index (χ2n) is 3.30. The second-order valence-corrected chi connectivity index (χ2v) is 7.25. The van der Waals surface area contributed by atoms with Gasteiger partial charge in [0.1, 0.15) is 0 Å². The maximum atomic E-state index is 11.5. The molecule has 0 radical (unpaired) electrons. The fraction of sp³-hybridized carbons (Fsp3) is 0.500. The van der Waals surface area contributed by atoms with E-state index in [1.54, 1.807) is 11.3 Å². The van der Waals surface area contributed by atoms with E-state index >= 15 is 0 Å². The molecule has 1 fully saturated rings. The summed E-state index contributed by atoms with van der Waals surface area (Å²) >= 11 is 4.88. The van der Waals surface area contributed by atoms with Crippen LogP contribution in [0.25, 0.3) is 0 Å². The van der Waals surface area contributed by atoms with E-state index in [9.17, 15) is 8.42 Å². The molecule has 1 heterocycles. The van der Waals surface area contributed by atoms with Crippen molar-refractivity contribution < 1.29 is 8.42 Å². The van der Waals surface area contributed by atoms with Crippen LogP contribution in [0.2, 0.25) is 0 Å². The third-order valence-electron chi connectivity index (χ3n) is 2.03. The van der Waals surface area contributed by atoms with Gasteiger partial charge in [0.05, 0.1) is 5.25 Å². The van der Waals surface area contributed by atoms with Crippen LogP contribution in [-0.4, -0.2) is 13.7 Å². The molecule has 0 aromatic carbocycles. The lowest BCUT2D eigenvalue weighted by Gasteiger charge is -2.02. The Hall–Kier alpha value is 0.0900. The monoisotopic (exact) mass is 295 g/mol. The van der Waals surface area contributed by atoms with Gasteiger partial charge in [-0.3, -0.25) is 0 Å². The molecule has 14 heavy (non-hydrogen) atoms. The lowest BCUT2D eigenvalue weighted by Crippen LogP contribution is -2.26. The van der Waals surface area contributed by atoms with E-state index in [-0.39, 0.29) is 5.25 Å². The third-order valence-corrected chi connectivity index (χ3v) is 5.63. The van der Waals surface area contributed by atoms with E-state index in [1.165, 1.54) is 0 Å². The van der Waals surface area contributed by atoms with Gasteiger partial charge in [-0.25, -0.2) is 13.1 Å². The smallest absolute Gasteiger partial charge is 0.212 e. The zero-order valence-electron chi connectivity index (χ0n) is 7.36. The summed E-state index contributed by atoms with van der Waals surface area (Å²) in [4.78, 5) is 1.03. The standard InChI is InChI=1S/C8H10BrNO2S2/c9-6-3-7(13-5-6)4-10-14(11,12)8-1-2-8/h3,5,8,10H,1-2,4H2. The molecule has 0 aliphatic heterocycles. The normalized spacial score (nSPS) is 17.2. The van der Waals surface area contributed by atoms with E-state index in [0.717, 1.165) is 22.2 Å². The molecule has 1 saturated carbocycles. The Morgan fingerprint density at radius 3 is 2.79 bits per heavy atom. The topological polar surface area (TPSA) is 46.2 Å².